The average molecular weight is 269 g/mol. The molecular weight excluding hydrogens is 255 g/mol. The number of nitrogens with zero attached hydrogens (tertiary/aromatic N) is 2. The highest BCUT2D eigenvalue weighted by molar-refractivity contribution is 5.44. The zero-order valence-corrected chi connectivity index (χ0v) is 10.4. The Kier molecular flexibility index (Phi) is 3.78. The summed E-state index contributed by atoms with van der Waals surface area (Å²) >= 11 is 0. The van der Waals surface area contributed by atoms with Gasteiger partial charge in [0.15, 0.2) is 0 Å². The number of anilines is 1. The summed E-state index contributed by atoms with van der Waals surface area (Å²) in [5, 5.41) is 6.81. The standard InChI is InChI=1S/C13H14F3N3/c1-10-2-4-12(5-3-10)17-6-7-19-9-11(8-18-19)13(14,15)16/h2-5,8-9,17H,6-7H2,1H3. The predicted octanol–water partition coefficient (Wildman–Crippen LogP) is 3.32. The van der Waals surface area contributed by atoms with Gasteiger partial charge in [-0.3, -0.25) is 4.68 Å². The van der Waals surface area contributed by atoms with Gasteiger partial charge in [-0.05, 0) is 19.1 Å². The molecule has 0 atom stereocenters. The second kappa shape index (κ2) is 5.34. The van der Waals surface area contributed by atoms with E-state index < -0.39 is 11.7 Å². The van der Waals surface area contributed by atoms with Crippen molar-refractivity contribution in [1.82, 2.24) is 9.78 Å². The van der Waals surface area contributed by atoms with Gasteiger partial charge in [-0.1, -0.05) is 17.7 Å². The van der Waals surface area contributed by atoms with Gasteiger partial charge in [-0.2, -0.15) is 18.3 Å². The van der Waals surface area contributed by atoms with E-state index in [-0.39, 0.29) is 0 Å². The first kappa shape index (κ1) is 13.5. The van der Waals surface area contributed by atoms with Gasteiger partial charge in [-0.15, -0.1) is 0 Å². The van der Waals surface area contributed by atoms with Crippen LogP contribution in [0.2, 0.25) is 0 Å². The van der Waals surface area contributed by atoms with Crippen LogP contribution in [0.15, 0.2) is 36.7 Å². The summed E-state index contributed by atoms with van der Waals surface area (Å²) in [6.07, 6.45) is -2.48. The molecule has 6 heteroatoms. The number of halogens is 3. The third-order valence-corrected chi connectivity index (χ3v) is 2.68. The van der Waals surface area contributed by atoms with Gasteiger partial charge in [0.1, 0.15) is 0 Å². The van der Waals surface area contributed by atoms with Crippen molar-refractivity contribution in [3.63, 3.8) is 0 Å². The lowest BCUT2D eigenvalue weighted by molar-refractivity contribution is -0.137. The summed E-state index contributed by atoms with van der Waals surface area (Å²) in [7, 11) is 0. The third-order valence-electron chi connectivity index (χ3n) is 2.68. The number of hydrogen-bond acceptors (Lipinski definition) is 2. The van der Waals surface area contributed by atoms with Crippen LogP contribution in [-0.4, -0.2) is 16.3 Å². The minimum atomic E-state index is -4.33. The lowest BCUT2D eigenvalue weighted by Gasteiger charge is -2.07. The zero-order valence-electron chi connectivity index (χ0n) is 10.4. The Hall–Kier alpha value is -1.98. The quantitative estimate of drug-likeness (QED) is 0.922. The molecule has 0 amide bonds. The van der Waals surface area contributed by atoms with Gasteiger partial charge in [0.2, 0.25) is 0 Å². The first-order chi connectivity index (χ1) is 8.95. The third kappa shape index (κ3) is 3.74. The zero-order chi connectivity index (χ0) is 13.9. The number of benzene rings is 1. The fourth-order valence-electron chi connectivity index (χ4n) is 1.62. The number of aryl methyl sites for hydroxylation is 1. The van der Waals surface area contributed by atoms with Gasteiger partial charge in [0.05, 0.1) is 18.3 Å². The minimum absolute atomic E-state index is 0.379. The lowest BCUT2D eigenvalue weighted by Crippen LogP contribution is -2.11. The Morgan fingerprint density at radius 3 is 2.47 bits per heavy atom. The second-order valence-electron chi connectivity index (χ2n) is 4.28. The smallest absolute Gasteiger partial charge is 0.383 e. The molecule has 0 saturated heterocycles. The van der Waals surface area contributed by atoms with Crippen molar-refractivity contribution in [3.05, 3.63) is 47.8 Å². The highest BCUT2D eigenvalue weighted by Crippen LogP contribution is 2.28. The fourth-order valence-corrected chi connectivity index (χ4v) is 1.62. The van der Waals surface area contributed by atoms with Gasteiger partial charge < -0.3 is 5.32 Å². The van der Waals surface area contributed by atoms with Crippen molar-refractivity contribution >= 4 is 5.69 Å². The van der Waals surface area contributed by atoms with Crippen LogP contribution < -0.4 is 5.32 Å². The normalized spacial score (nSPS) is 11.6. The molecule has 0 radical (unpaired) electrons. The van der Waals surface area contributed by atoms with Crippen LogP contribution in [0, 0.1) is 6.92 Å². The molecule has 2 rings (SSSR count). The molecule has 2 aromatic rings. The summed E-state index contributed by atoms with van der Waals surface area (Å²) in [5.41, 5.74) is 1.38. The van der Waals surface area contributed by atoms with E-state index in [1.807, 2.05) is 31.2 Å². The number of aromatic nitrogens is 2. The van der Waals surface area contributed by atoms with Crippen LogP contribution in [0.5, 0.6) is 0 Å². The molecule has 1 heterocycles. The Morgan fingerprint density at radius 2 is 1.89 bits per heavy atom. The van der Waals surface area contributed by atoms with Crippen LogP contribution in [0.4, 0.5) is 18.9 Å². The van der Waals surface area contributed by atoms with E-state index >= 15 is 0 Å². The summed E-state index contributed by atoms with van der Waals surface area (Å²) in [6.45, 7) is 2.89. The van der Waals surface area contributed by atoms with Crippen molar-refractivity contribution in [1.29, 1.82) is 0 Å². The van der Waals surface area contributed by atoms with Gasteiger partial charge in [0.25, 0.3) is 0 Å². The molecule has 1 N–H and O–H groups in total. The Bertz CT molecular complexity index is 529. The van der Waals surface area contributed by atoms with E-state index in [1.54, 1.807) is 0 Å². The molecular formula is C13H14F3N3. The van der Waals surface area contributed by atoms with Crippen molar-refractivity contribution in [2.24, 2.45) is 0 Å². The number of alkyl halides is 3. The molecule has 0 unspecified atom stereocenters. The first-order valence-electron chi connectivity index (χ1n) is 5.85. The van der Waals surface area contributed by atoms with Gasteiger partial charge in [0, 0.05) is 18.4 Å². The number of nitrogens with one attached hydrogen (secondary N) is 1. The van der Waals surface area contributed by atoms with E-state index in [2.05, 4.69) is 10.4 Å². The molecule has 3 nitrogen and oxygen atoms in total. The topological polar surface area (TPSA) is 29.9 Å². The molecule has 0 aliphatic carbocycles. The molecule has 0 aliphatic rings. The van der Waals surface area contributed by atoms with E-state index in [4.69, 9.17) is 0 Å². The molecule has 1 aromatic carbocycles. The van der Waals surface area contributed by atoms with Crippen molar-refractivity contribution in [2.75, 3.05) is 11.9 Å². The van der Waals surface area contributed by atoms with Crippen molar-refractivity contribution in [2.45, 2.75) is 19.6 Å². The Morgan fingerprint density at radius 1 is 1.21 bits per heavy atom. The van der Waals surface area contributed by atoms with E-state index in [0.29, 0.717) is 13.1 Å². The number of rotatable bonds is 4. The summed E-state index contributed by atoms with van der Waals surface area (Å²) < 4.78 is 38.4. The first-order valence-corrected chi connectivity index (χ1v) is 5.85. The van der Waals surface area contributed by atoms with Gasteiger partial charge >= 0.3 is 6.18 Å². The maximum Gasteiger partial charge on any atom is 0.419 e. The van der Waals surface area contributed by atoms with Crippen LogP contribution in [0.3, 0.4) is 0 Å². The summed E-state index contributed by atoms with van der Waals surface area (Å²) in [6, 6.07) is 7.80. The van der Waals surface area contributed by atoms with E-state index in [1.165, 1.54) is 4.68 Å². The maximum absolute atomic E-state index is 12.4. The molecule has 0 fully saturated rings. The van der Waals surface area contributed by atoms with E-state index in [9.17, 15) is 13.2 Å². The summed E-state index contributed by atoms with van der Waals surface area (Å²) in [5.74, 6) is 0. The molecule has 1 aromatic heterocycles. The van der Waals surface area contributed by atoms with Crippen LogP contribution in [0.1, 0.15) is 11.1 Å². The fraction of sp³-hybridized carbons (Fsp3) is 0.308. The molecule has 0 spiro atoms. The number of hydrogen-bond donors (Lipinski definition) is 1. The Balaban J connectivity index is 1.86. The van der Waals surface area contributed by atoms with E-state index in [0.717, 1.165) is 23.6 Å². The average Bonchev–Trinajstić information content (AvgIpc) is 2.80. The monoisotopic (exact) mass is 269 g/mol. The lowest BCUT2D eigenvalue weighted by atomic mass is 10.2. The predicted molar refractivity (Wildman–Crippen MR) is 66.9 cm³/mol. The van der Waals surface area contributed by atoms with Gasteiger partial charge in [-0.25, -0.2) is 0 Å². The summed E-state index contributed by atoms with van der Waals surface area (Å²) in [4.78, 5) is 0. The molecule has 19 heavy (non-hydrogen) atoms. The maximum atomic E-state index is 12.4. The van der Waals surface area contributed by atoms with Crippen LogP contribution in [0.25, 0.3) is 0 Å². The van der Waals surface area contributed by atoms with Crippen molar-refractivity contribution < 1.29 is 13.2 Å². The minimum Gasteiger partial charge on any atom is -0.383 e. The molecule has 0 aliphatic heterocycles. The molecule has 0 bridgehead atoms. The van der Waals surface area contributed by atoms with Crippen molar-refractivity contribution in [3.8, 4) is 0 Å². The van der Waals surface area contributed by atoms with Crippen LogP contribution in [-0.2, 0) is 12.7 Å². The molecule has 0 saturated carbocycles. The SMILES string of the molecule is Cc1ccc(NCCn2cc(C(F)(F)F)cn2)cc1. The Labute approximate surface area is 109 Å². The largest absolute Gasteiger partial charge is 0.419 e. The second-order valence-corrected chi connectivity index (χ2v) is 4.28. The van der Waals surface area contributed by atoms with Crippen LogP contribution >= 0.6 is 0 Å². The highest BCUT2D eigenvalue weighted by Gasteiger charge is 2.32. The highest BCUT2D eigenvalue weighted by atomic mass is 19.4. The molecule has 102 valence electrons.